The van der Waals surface area contributed by atoms with E-state index in [0.717, 1.165) is 11.3 Å². The lowest BCUT2D eigenvalue weighted by atomic mass is 10.1. The second kappa shape index (κ2) is 10.7. The molecular weight excluding hydrogens is 374 g/mol. The fourth-order valence-electron chi connectivity index (χ4n) is 2.36. The van der Waals surface area contributed by atoms with Gasteiger partial charge in [-0.25, -0.2) is 9.59 Å². The molecule has 0 aliphatic heterocycles. The lowest BCUT2D eigenvalue weighted by Crippen LogP contribution is -2.35. The smallest absolute Gasteiger partial charge is 0.337 e. The Morgan fingerprint density at radius 1 is 1.00 bits per heavy atom. The fourth-order valence-corrected chi connectivity index (χ4v) is 2.36. The van der Waals surface area contributed by atoms with Crippen LogP contribution in [0.5, 0.6) is 5.75 Å². The molecule has 2 aromatic carbocycles. The summed E-state index contributed by atoms with van der Waals surface area (Å²) in [6.45, 7) is 1.81. The van der Waals surface area contributed by atoms with E-state index in [0.29, 0.717) is 17.7 Å². The zero-order valence-corrected chi connectivity index (χ0v) is 16.5. The Kier molecular flexibility index (Phi) is 7.97. The maximum atomic E-state index is 12.1. The molecule has 1 amide bonds. The molecule has 0 heterocycles. The topological polar surface area (TPSA) is 90.9 Å². The third-order valence-electron chi connectivity index (χ3n) is 4.03. The standard InChI is InChI=1S/C22H23NO6/c1-15(21(25)23-14-17-6-11-19(27-2)12-7-17)29-20(24)13-8-16-4-9-18(10-5-16)22(26)28-3/h4-13,15H,14H2,1-3H3,(H,23,25)/b13-8+/t15-/m0/s1. The molecule has 7 nitrogen and oxygen atoms in total. The Bertz CT molecular complexity index is 871. The highest BCUT2D eigenvalue weighted by Crippen LogP contribution is 2.11. The van der Waals surface area contributed by atoms with Crippen LogP contribution in [0.4, 0.5) is 0 Å². The first-order valence-electron chi connectivity index (χ1n) is 8.90. The van der Waals surface area contributed by atoms with Gasteiger partial charge in [0.1, 0.15) is 5.75 Å². The van der Waals surface area contributed by atoms with Crippen LogP contribution in [0.3, 0.4) is 0 Å². The van der Waals surface area contributed by atoms with Crippen LogP contribution in [0.25, 0.3) is 6.08 Å². The monoisotopic (exact) mass is 397 g/mol. The molecule has 0 saturated carbocycles. The van der Waals surface area contributed by atoms with Crippen LogP contribution >= 0.6 is 0 Å². The van der Waals surface area contributed by atoms with Crippen LogP contribution in [-0.2, 0) is 25.6 Å². The molecule has 1 atom stereocenters. The van der Waals surface area contributed by atoms with Gasteiger partial charge in [-0.1, -0.05) is 24.3 Å². The molecule has 0 aromatic heterocycles. The van der Waals surface area contributed by atoms with E-state index >= 15 is 0 Å². The van der Waals surface area contributed by atoms with E-state index in [1.165, 1.54) is 26.2 Å². The molecule has 0 bridgehead atoms. The van der Waals surface area contributed by atoms with Gasteiger partial charge in [-0.15, -0.1) is 0 Å². The third-order valence-corrected chi connectivity index (χ3v) is 4.03. The van der Waals surface area contributed by atoms with Gasteiger partial charge in [0.05, 0.1) is 19.8 Å². The summed E-state index contributed by atoms with van der Waals surface area (Å²) >= 11 is 0. The van der Waals surface area contributed by atoms with Crippen molar-refractivity contribution in [3.63, 3.8) is 0 Å². The Hall–Kier alpha value is -3.61. The summed E-state index contributed by atoms with van der Waals surface area (Å²) in [7, 11) is 2.89. The van der Waals surface area contributed by atoms with Crippen LogP contribution in [-0.4, -0.2) is 38.2 Å². The Labute approximate surface area is 169 Å². The van der Waals surface area contributed by atoms with Gasteiger partial charge >= 0.3 is 11.9 Å². The van der Waals surface area contributed by atoms with Gasteiger partial charge < -0.3 is 19.5 Å². The maximum absolute atomic E-state index is 12.1. The largest absolute Gasteiger partial charge is 0.497 e. The fraction of sp³-hybridized carbons (Fsp3) is 0.227. The number of hydrogen-bond acceptors (Lipinski definition) is 6. The molecule has 2 rings (SSSR count). The highest BCUT2D eigenvalue weighted by molar-refractivity contribution is 5.91. The molecule has 29 heavy (non-hydrogen) atoms. The van der Waals surface area contributed by atoms with Crippen molar-refractivity contribution < 1.29 is 28.6 Å². The van der Waals surface area contributed by atoms with Crippen LogP contribution in [0.2, 0.25) is 0 Å². The Morgan fingerprint density at radius 3 is 2.24 bits per heavy atom. The van der Waals surface area contributed by atoms with Gasteiger partial charge in [-0.05, 0) is 48.4 Å². The van der Waals surface area contributed by atoms with Crippen molar-refractivity contribution in [3.05, 3.63) is 71.3 Å². The van der Waals surface area contributed by atoms with Crippen LogP contribution in [0.15, 0.2) is 54.6 Å². The summed E-state index contributed by atoms with van der Waals surface area (Å²) in [5, 5.41) is 2.71. The Balaban J connectivity index is 1.81. The second-order valence-corrected chi connectivity index (χ2v) is 6.09. The van der Waals surface area contributed by atoms with E-state index in [-0.39, 0.29) is 0 Å². The number of rotatable bonds is 8. The number of benzene rings is 2. The van der Waals surface area contributed by atoms with Crippen molar-refractivity contribution in [3.8, 4) is 5.75 Å². The Morgan fingerprint density at radius 2 is 1.66 bits per heavy atom. The number of carbonyl (C=O) groups excluding carboxylic acids is 3. The zero-order chi connectivity index (χ0) is 21.2. The maximum Gasteiger partial charge on any atom is 0.337 e. The average molecular weight is 397 g/mol. The summed E-state index contributed by atoms with van der Waals surface area (Å²) < 4.78 is 14.8. The zero-order valence-electron chi connectivity index (χ0n) is 16.5. The molecule has 7 heteroatoms. The predicted molar refractivity (Wildman–Crippen MR) is 107 cm³/mol. The van der Waals surface area contributed by atoms with Gasteiger partial charge in [0.25, 0.3) is 5.91 Å². The summed E-state index contributed by atoms with van der Waals surface area (Å²) in [5.74, 6) is -0.748. The second-order valence-electron chi connectivity index (χ2n) is 6.09. The van der Waals surface area contributed by atoms with Crippen molar-refractivity contribution in [1.82, 2.24) is 5.32 Å². The van der Waals surface area contributed by atoms with Crippen molar-refractivity contribution in [2.24, 2.45) is 0 Å². The first kappa shape index (κ1) is 21.7. The molecule has 0 unspecified atom stereocenters. The van der Waals surface area contributed by atoms with Gasteiger partial charge in [0.15, 0.2) is 6.10 Å². The molecule has 152 valence electrons. The summed E-state index contributed by atoms with van der Waals surface area (Å²) in [6, 6.07) is 13.8. The van der Waals surface area contributed by atoms with E-state index in [4.69, 9.17) is 9.47 Å². The number of methoxy groups -OCH3 is 2. The number of esters is 2. The third kappa shape index (κ3) is 6.80. The summed E-state index contributed by atoms with van der Waals surface area (Å²) in [5.41, 5.74) is 2.01. The van der Waals surface area contributed by atoms with E-state index < -0.39 is 23.9 Å². The SMILES string of the molecule is COC(=O)c1ccc(/C=C/C(=O)O[C@@H](C)C(=O)NCc2ccc(OC)cc2)cc1. The molecule has 0 aliphatic carbocycles. The minimum atomic E-state index is -0.938. The molecule has 0 radical (unpaired) electrons. The quantitative estimate of drug-likeness (QED) is 0.544. The number of hydrogen-bond donors (Lipinski definition) is 1. The van der Waals surface area contributed by atoms with E-state index in [1.54, 1.807) is 43.5 Å². The van der Waals surface area contributed by atoms with Crippen LogP contribution in [0, 0.1) is 0 Å². The van der Waals surface area contributed by atoms with Gasteiger partial charge in [-0.3, -0.25) is 4.79 Å². The first-order chi connectivity index (χ1) is 13.9. The van der Waals surface area contributed by atoms with Crippen LogP contribution in [0.1, 0.15) is 28.4 Å². The summed E-state index contributed by atoms with van der Waals surface area (Å²) in [6.07, 6.45) is 1.82. The number of ether oxygens (including phenoxy) is 3. The minimum Gasteiger partial charge on any atom is -0.497 e. The summed E-state index contributed by atoms with van der Waals surface area (Å²) in [4.78, 5) is 35.4. The van der Waals surface area contributed by atoms with E-state index in [9.17, 15) is 14.4 Å². The van der Waals surface area contributed by atoms with Crippen molar-refractivity contribution in [2.45, 2.75) is 19.6 Å². The van der Waals surface area contributed by atoms with E-state index in [1.807, 2.05) is 12.1 Å². The highest BCUT2D eigenvalue weighted by Gasteiger charge is 2.16. The molecule has 1 N–H and O–H groups in total. The van der Waals surface area contributed by atoms with Gasteiger partial charge in [0, 0.05) is 12.6 Å². The molecule has 2 aromatic rings. The number of amides is 1. The van der Waals surface area contributed by atoms with Crippen molar-refractivity contribution in [2.75, 3.05) is 14.2 Å². The van der Waals surface area contributed by atoms with Crippen molar-refractivity contribution >= 4 is 23.9 Å². The molecule has 0 saturated heterocycles. The predicted octanol–water partition coefficient (Wildman–Crippen LogP) is 2.74. The van der Waals surface area contributed by atoms with Gasteiger partial charge in [-0.2, -0.15) is 0 Å². The lowest BCUT2D eigenvalue weighted by Gasteiger charge is -2.12. The average Bonchev–Trinajstić information content (AvgIpc) is 2.76. The first-order valence-corrected chi connectivity index (χ1v) is 8.90. The molecule has 0 fully saturated rings. The normalized spacial score (nSPS) is 11.6. The molecule has 0 aliphatic rings. The molecule has 0 spiro atoms. The van der Waals surface area contributed by atoms with Gasteiger partial charge in [0.2, 0.25) is 0 Å². The number of carbonyl (C=O) groups is 3. The van der Waals surface area contributed by atoms with E-state index in [2.05, 4.69) is 10.1 Å². The lowest BCUT2D eigenvalue weighted by molar-refractivity contribution is -0.150. The molecular formula is C22H23NO6. The number of nitrogens with one attached hydrogen (secondary N) is 1. The minimum absolute atomic E-state index is 0.313. The highest BCUT2D eigenvalue weighted by atomic mass is 16.5. The van der Waals surface area contributed by atoms with Crippen molar-refractivity contribution in [1.29, 1.82) is 0 Å². The van der Waals surface area contributed by atoms with Crippen LogP contribution < -0.4 is 10.1 Å².